The van der Waals surface area contributed by atoms with Crippen molar-refractivity contribution < 1.29 is 0 Å². The molecule has 0 atom stereocenters. The van der Waals surface area contributed by atoms with Crippen LogP contribution in [0, 0.1) is 6.92 Å². The fraction of sp³-hybridized carbons (Fsp3) is 0.625. The standard InChI is InChI=1S/C16H25N3/c1-13-5-4-8-15(17)16(13)19-11-9-18(10-12-19)14-6-2-3-7-14/h4-5,8,14H,2-3,6-7,9-12,17H2,1H3. The molecule has 2 fully saturated rings. The molecule has 1 heterocycles. The van der Waals surface area contributed by atoms with Crippen LogP contribution in [0.15, 0.2) is 18.2 Å². The van der Waals surface area contributed by atoms with Crippen LogP contribution < -0.4 is 10.6 Å². The van der Waals surface area contributed by atoms with Crippen LogP contribution in [0.5, 0.6) is 0 Å². The average Bonchev–Trinajstić information content (AvgIpc) is 2.93. The molecule has 0 bridgehead atoms. The molecule has 1 saturated heterocycles. The van der Waals surface area contributed by atoms with Gasteiger partial charge in [0.2, 0.25) is 0 Å². The van der Waals surface area contributed by atoms with E-state index in [-0.39, 0.29) is 0 Å². The first kappa shape index (κ1) is 12.8. The summed E-state index contributed by atoms with van der Waals surface area (Å²) in [5, 5.41) is 0. The van der Waals surface area contributed by atoms with E-state index in [4.69, 9.17) is 5.73 Å². The number of nitrogens with two attached hydrogens (primary N) is 1. The predicted octanol–water partition coefficient (Wildman–Crippen LogP) is 2.64. The number of nitrogen functional groups attached to an aromatic ring is 1. The average molecular weight is 259 g/mol. The van der Waals surface area contributed by atoms with Gasteiger partial charge in [-0.2, -0.15) is 0 Å². The molecule has 0 amide bonds. The zero-order valence-corrected chi connectivity index (χ0v) is 11.9. The lowest BCUT2D eigenvalue weighted by molar-refractivity contribution is 0.187. The van der Waals surface area contributed by atoms with Crippen molar-refractivity contribution in [1.82, 2.24) is 4.90 Å². The SMILES string of the molecule is Cc1cccc(N)c1N1CCN(C2CCCC2)CC1. The lowest BCUT2D eigenvalue weighted by Crippen LogP contribution is -2.50. The second-order valence-corrected chi connectivity index (χ2v) is 5.97. The van der Waals surface area contributed by atoms with Crippen molar-refractivity contribution in [3.05, 3.63) is 23.8 Å². The van der Waals surface area contributed by atoms with E-state index >= 15 is 0 Å². The Morgan fingerprint density at radius 1 is 1.05 bits per heavy atom. The summed E-state index contributed by atoms with van der Waals surface area (Å²) in [4.78, 5) is 5.16. The molecule has 0 aromatic heterocycles. The Labute approximate surface area is 116 Å². The monoisotopic (exact) mass is 259 g/mol. The summed E-state index contributed by atoms with van der Waals surface area (Å²) in [6, 6.07) is 7.08. The molecular weight excluding hydrogens is 234 g/mol. The zero-order valence-electron chi connectivity index (χ0n) is 11.9. The van der Waals surface area contributed by atoms with E-state index in [1.54, 1.807) is 0 Å². The van der Waals surface area contributed by atoms with Crippen LogP contribution in [-0.2, 0) is 0 Å². The van der Waals surface area contributed by atoms with Crippen LogP contribution in [0.25, 0.3) is 0 Å². The number of hydrogen-bond acceptors (Lipinski definition) is 3. The van der Waals surface area contributed by atoms with Crippen LogP contribution in [0.4, 0.5) is 11.4 Å². The van der Waals surface area contributed by atoms with Crippen molar-refractivity contribution in [2.45, 2.75) is 38.6 Å². The molecule has 3 rings (SSSR count). The van der Waals surface area contributed by atoms with E-state index in [1.165, 1.54) is 50.0 Å². The molecule has 2 aliphatic rings. The first-order chi connectivity index (χ1) is 9.25. The van der Waals surface area contributed by atoms with E-state index < -0.39 is 0 Å². The fourth-order valence-corrected chi connectivity index (χ4v) is 3.69. The second-order valence-electron chi connectivity index (χ2n) is 5.97. The van der Waals surface area contributed by atoms with Crippen molar-refractivity contribution in [3.8, 4) is 0 Å². The third-order valence-electron chi connectivity index (χ3n) is 4.74. The molecule has 1 aromatic carbocycles. The predicted molar refractivity (Wildman–Crippen MR) is 81.6 cm³/mol. The molecule has 0 spiro atoms. The minimum atomic E-state index is 0.858. The largest absolute Gasteiger partial charge is 0.397 e. The topological polar surface area (TPSA) is 32.5 Å². The summed E-state index contributed by atoms with van der Waals surface area (Å²) in [5.74, 6) is 0. The first-order valence-corrected chi connectivity index (χ1v) is 7.60. The van der Waals surface area contributed by atoms with E-state index in [9.17, 15) is 0 Å². The molecule has 1 aromatic rings. The molecule has 1 aliphatic carbocycles. The maximum Gasteiger partial charge on any atom is 0.0630 e. The van der Waals surface area contributed by atoms with Crippen molar-refractivity contribution in [2.24, 2.45) is 0 Å². The Balaban J connectivity index is 1.66. The Morgan fingerprint density at radius 2 is 1.74 bits per heavy atom. The van der Waals surface area contributed by atoms with Gasteiger partial charge in [0.05, 0.1) is 11.4 Å². The highest BCUT2D eigenvalue weighted by atomic mass is 15.3. The minimum absolute atomic E-state index is 0.858. The Kier molecular flexibility index (Phi) is 3.65. The van der Waals surface area contributed by atoms with Gasteiger partial charge in [-0.1, -0.05) is 25.0 Å². The molecule has 19 heavy (non-hydrogen) atoms. The maximum atomic E-state index is 6.15. The van der Waals surface area contributed by atoms with Crippen molar-refractivity contribution >= 4 is 11.4 Å². The van der Waals surface area contributed by atoms with E-state index in [0.29, 0.717) is 0 Å². The summed E-state index contributed by atoms with van der Waals surface area (Å²) in [6.07, 6.45) is 5.67. The number of nitrogens with zero attached hydrogens (tertiary/aromatic N) is 2. The number of rotatable bonds is 2. The smallest absolute Gasteiger partial charge is 0.0630 e. The second kappa shape index (κ2) is 5.41. The summed E-state index contributed by atoms with van der Waals surface area (Å²) >= 11 is 0. The van der Waals surface area contributed by atoms with Crippen LogP contribution in [-0.4, -0.2) is 37.1 Å². The van der Waals surface area contributed by atoms with E-state index in [2.05, 4.69) is 22.8 Å². The van der Waals surface area contributed by atoms with E-state index in [0.717, 1.165) is 24.8 Å². The van der Waals surface area contributed by atoms with Gasteiger partial charge in [-0.3, -0.25) is 4.90 Å². The highest BCUT2D eigenvalue weighted by molar-refractivity contribution is 5.71. The van der Waals surface area contributed by atoms with Gasteiger partial charge in [-0.05, 0) is 31.4 Å². The third kappa shape index (κ3) is 2.57. The van der Waals surface area contributed by atoms with Gasteiger partial charge in [0.15, 0.2) is 0 Å². The summed E-state index contributed by atoms with van der Waals surface area (Å²) in [7, 11) is 0. The zero-order chi connectivity index (χ0) is 13.2. The number of piperazine rings is 1. The number of hydrogen-bond donors (Lipinski definition) is 1. The first-order valence-electron chi connectivity index (χ1n) is 7.60. The number of aryl methyl sites for hydroxylation is 1. The summed E-state index contributed by atoms with van der Waals surface area (Å²) in [5.41, 5.74) is 9.64. The van der Waals surface area contributed by atoms with Gasteiger partial charge < -0.3 is 10.6 Å². The van der Waals surface area contributed by atoms with Crippen LogP contribution in [0.3, 0.4) is 0 Å². The highest BCUT2D eigenvalue weighted by Crippen LogP contribution is 2.30. The van der Waals surface area contributed by atoms with Gasteiger partial charge in [0.1, 0.15) is 0 Å². The Bertz CT molecular complexity index is 409. The number of para-hydroxylation sites is 1. The minimum Gasteiger partial charge on any atom is -0.397 e. The molecule has 104 valence electrons. The molecular formula is C16H25N3. The van der Waals surface area contributed by atoms with Crippen LogP contribution in [0.1, 0.15) is 31.2 Å². The number of anilines is 2. The summed E-state index contributed by atoms with van der Waals surface area (Å²) < 4.78 is 0. The molecule has 1 saturated carbocycles. The van der Waals surface area contributed by atoms with Gasteiger partial charge in [0, 0.05) is 32.2 Å². The van der Waals surface area contributed by atoms with Gasteiger partial charge >= 0.3 is 0 Å². The fourth-order valence-electron chi connectivity index (χ4n) is 3.69. The third-order valence-corrected chi connectivity index (χ3v) is 4.74. The Morgan fingerprint density at radius 3 is 2.37 bits per heavy atom. The maximum absolute atomic E-state index is 6.15. The summed E-state index contributed by atoms with van der Waals surface area (Å²) in [6.45, 7) is 6.78. The molecule has 3 heteroatoms. The normalized spacial score (nSPS) is 22.1. The number of benzene rings is 1. The van der Waals surface area contributed by atoms with Crippen molar-refractivity contribution in [3.63, 3.8) is 0 Å². The highest BCUT2D eigenvalue weighted by Gasteiger charge is 2.26. The lowest BCUT2D eigenvalue weighted by atomic mass is 10.1. The van der Waals surface area contributed by atoms with E-state index in [1.807, 2.05) is 12.1 Å². The molecule has 2 N–H and O–H groups in total. The molecule has 3 nitrogen and oxygen atoms in total. The van der Waals surface area contributed by atoms with Gasteiger partial charge in [0.25, 0.3) is 0 Å². The van der Waals surface area contributed by atoms with Crippen LogP contribution in [0.2, 0.25) is 0 Å². The molecule has 0 radical (unpaired) electrons. The van der Waals surface area contributed by atoms with Crippen molar-refractivity contribution in [2.75, 3.05) is 36.8 Å². The van der Waals surface area contributed by atoms with Crippen molar-refractivity contribution in [1.29, 1.82) is 0 Å². The Hall–Kier alpha value is -1.22. The quantitative estimate of drug-likeness (QED) is 0.829. The van der Waals surface area contributed by atoms with Crippen LogP contribution >= 0.6 is 0 Å². The molecule has 1 aliphatic heterocycles. The lowest BCUT2D eigenvalue weighted by Gasteiger charge is -2.40. The van der Waals surface area contributed by atoms with Gasteiger partial charge in [-0.25, -0.2) is 0 Å². The molecule has 0 unspecified atom stereocenters. The van der Waals surface area contributed by atoms with Gasteiger partial charge in [-0.15, -0.1) is 0 Å².